The first-order valence-corrected chi connectivity index (χ1v) is 8.80. The van der Waals surface area contributed by atoms with E-state index >= 15 is 0 Å². The van der Waals surface area contributed by atoms with Gasteiger partial charge in [0.1, 0.15) is 11.3 Å². The number of carbonyl (C=O) groups is 2. The first-order chi connectivity index (χ1) is 13.0. The number of methoxy groups -OCH3 is 1. The number of carbonyl (C=O) groups excluding carboxylic acids is 2. The largest absolute Gasteiger partial charge is 0.497 e. The van der Waals surface area contributed by atoms with Crippen molar-refractivity contribution < 1.29 is 18.7 Å². The number of hydrogen-bond acceptors (Lipinski definition) is 4. The predicted molar refractivity (Wildman–Crippen MR) is 105 cm³/mol. The molecule has 3 aromatic rings. The highest BCUT2D eigenvalue weighted by Gasteiger charge is 2.18. The molecule has 0 aliphatic heterocycles. The van der Waals surface area contributed by atoms with Crippen LogP contribution in [0.3, 0.4) is 0 Å². The molecule has 0 radical (unpaired) electrons. The van der Waals surface area contributed by atoms with E-state index in [9.17, 15) is 9.59 Å². The predicted octanol–water partition coefficient (Wildman–Crippen LogP) is 4.14. The molecule has 0 spiro atoms. The number of furan rings is 1. The molecule has 1 heterocycles. The van der Waals surface area contributed by atoms with Gasteiger partial charge >= 0.3 is 0 Å². The third-order valence-corrected chi connectivity index (χ3v) is 4.27. The Morgan fingerprint density at radius 2 is 1.93 bits per heavy atom. The summed E-state index contributed by atoms with van der Waals surface area (Å²) in [7, 11) is 1.59. The van der Waals surface area contributed by atoms with Crippen molar-refractivity contribution in [1.82, 2.24) is 5.32 Å². The Kier molecular flexibility index (Phi) is 5.45. The van der Waals surface area contributed by atoms with Crippen molar-refractivity contribution in [1.29, 1.82) is 0 Å². The molecule has 2 aromatic carbocycles. The number of fused-ring (bicyclic) bond motifs is 1. The van der Waals surface area contributed by atoms with Crippen molar-refractivity contribution in [3.8, 4) is 5.75 Å². The number of ether oxygens (including phenoxy) is 1. The quantitative estimate of drug-likeness (QED) is 0.687. The van der Waals surface area contributed by atoms with E-state index in [1.807, 2.05) is 19.9 Å². The highest BCUT2D eigenvalue weighted by atomic mass is 16.5. The van der Waals surface area contributed by atoms with E-state index in [1.165, 1.54) is 0 Å². The van der Waals surface area contributed by atoms with Crippen molar-refractivity contribution in [3.05, 3.63) is 59.4 Å². The van der Waals surface area contributed by atoms with Crippen LogP contribution < -0.4 is 15.4 Å². The van der Waals surface area contributed by atoms with Crippen molar-refractivity contribution in [2.24, 2.45) is 0 Å². The maximum atomic E-state index is 12.7. The average Bonchev–Trinajstić information content (AvgIpc) is 3.02. The second-order valence-electron chi connectivity index (χ2n) is 6.21. The van der Waals surface area contributed by atoms with Crippen LogP contribution in [0.1, 0.15) is 39.8 Å². The Labute approximate surface area is 157 Å². The molecule has 6 nitrogen and oxygen atoms in total. The fourth-order valence-corrected chi connectivity index (χ4v) is 2.81. The van der Waals surface area contributed by atoms with Crippen LogP contribution in [-0.2, 0) is 0 Å². The minimum Gasteiger partial charge on any atom is -0.497 e. The summed E-state index contributed by atoms with van der Waals surface area (Å²) in [5, 5.41) is 6.44. The van der Waals surface area contributed by atoms with E-state index in [0.717, 1.165) is 17.4 Å². The molecule has 0 saturated carbocycles. The van der Waals surface area contributed by atoms with Gasteiger partial charge in [-0.15, -0.1) is 0 Å². The Hall–Kier alpha value is -3.28. The van der Waals surface area contributed by atoms with Gasteiger partial charge in [0.2, 0.25) is 0 Å². The van der Waals surface area contributed by atoms with Crippen LogP contribution in [-0.4, -0.2) is 25.5 Å². The van der Waals surface area contributed by atoms with Crippen LogP contribution in [0.5, 0.6) is 5.75 Å². The van der Waals surface area contributed by atoms with E-state index in [4.69, 9.17) is 9.15 Å². The molecule has 3 rings (SSSR count). The molecule has 140 valence electrons. The Morgan fingerprint density at radius 3 is 2.67 bits per heavy atom. The van der Waals surface area contributed by atoms with Gasteiger partial charge in [0.25, 0.3) is 11.8 Å². The molecule has 0 unspecified atom stereocenters. The molecule has 1 aromatic heterocycles. The van der Waals surface area contributed by atoms with Gasteiger partial charge < -0.3 is 19.8 Å². The monoisotopic (exact) mass is 366 g/mol. The zero-order valence-electron chi connectivity index (χ0n) is 15.6. The van der Waals surface area contributed by atoms with Crippen LogP contribution in [0.2, 0.25) is 0 Å². The number of anilines is 1. The molecule has 0 atom stereocenters. The van der Waals surface area contributed by atoms with E-state index in [1.54, 1.807) is 43.5 Å². The molecule has 0 aliphatic carbocycles. The lowest BCUT2D eigenvalue weighted by Crippen LogP contribution is -2.24. The smallest absolute Gasteiger partial charge is 0.291 e. The SMILES string of the molecule is CCCNC(=O)c1cccc(NC(=O)c2oc3ccc(OC)cc3c2C)c1. The molecule has 2 N–H and O–H groups in total. The number of benzene rings is 2. The normalized spacial score (nSPS) is 10.6. The molecule has 27 heavy (non-hydrogen) atoms. The lowest BCUT2D eigenvalue weighted by atomic mass is 10.1. The zero-order valence-corrected chi connectivity index (χ0v) is 15.6. The summed E-state index contributed by atoms with van der Waals surface area (Å²) in [5.74, 6) is 0.400. The van der Waals surface area contributed by atoms with E-state index in [-0.39, 0.29) is 17.6 Å². The standard InChI is InChI=1S/C21H22N2O4/c1-4-10-22-20(24)14-6-5-7-15(11-14)23-21(25)19-13(2)17-12-16(26-3)8-9-18(17)27-19/h5-9,11-12H,4,10H2,1-3H3,(H,22,24)(H,23,25). The topological polar surface area (TPSA) is 80.6 Å². The molecule has 0 aliphatic rings. The highest BCUT2D eigenvalue weighted by molar-refractivity contribution is 6.07. The maximum Gasteiger partial charge on any atom is 0.291 e. The third kappa shape index (κ3) is 3.95. The molecular formula is C21H22N2O4. The summed E-state index contributed by atoms with van der Waals surface area (Å²) in [4.78, 5) is 24.8. The maximum absolute atomic E-state index is 12.7. The second-order valence-corrected chi connectivity index (χ2v) is 6.21. The van der Waals surface area contributed by atoms with Gasteiger partial charge in [0.05, 0.1) is 7.11 Å². The molecule has 0 saturated heterocycles. The van der Waals surface area contributed by atoms with E-state index < -0.39 is 0 Å². The zero-order chi connectivity index (χ0) is 19.4. The summed E-state index contributed by atoms with van der Waals surface area (Å²) in [5.41, 5.74) is 2.37. The van der Waals surface area contributed by atoms with Crippen LogP contribution in [0.25, 0.3) is 11.0 Å². The summed E-state index contributed by atoms with van der Waals surface area (Å²) in [6.07, 6.45) is 0.859. The summed E-state index contributed by atoms with van der Waals surface area (Å²) in [6, 6.07) is 12.2. The van der Waals surface area contributed by atoms with Gasteiger partial charge in [-0.1, -0.05) is 13.0 Å². The number of nitrogens with one attached hydrogen (secondary N) is 2. The van der Waals surface area contributed by atoms with Gasteiger partial charge in [-0.25, -0.2) is 0 Å². The van der Waals surface area contributed by atoms with Crippen molar-refractivity contribution >= 4 is 28.5 Å². The number of rotatable bonds is 6. The van der Waals surface area contributed by atoms with Gasteiger partial charge in [-0.3, -0.25) is 9.59 Å². The third-order valence-electron chi connectivity index (χ3n) is 4.27. The number of aryl methyl sites for hydroxylation is 1. The summed E-state index contributed by atoms with van der Waals surface area (Å²) >= 11 is 0. The number of hydrogen-bond donors (Lipinski definition) is 2. The Bertz CT molecular complexity index is 991. The fourth-order valence-electron chi connectivity index (χ4n) is 2.81. The van der Waals surface area contributed by atoms with Crippen LogP contribution in [0.4, 0.5) is 5.69 Å². The molecule has 0 fully saturated rings. The number of amides is 2. The van der Waals surface area contributed by atoms with Gasteiger partial charge in [-0.05, 0) is 49.7 Å². The van der Waals surface area contributed by atoms with Crippen LogP contribution in [0, 0.1) is 6.92 Å². The highest BCUT2D eigenvalue weighted by Crippen LogP contribution is 2.29. The molecular weight excluding hydrogens is 344 g/mol. The van der Waals surface area contributed by atoms with Crippen molar-refractivity contribution in [3.63, 3.8) is 0 Å². The fraction of sp³-hybridized carbons (Fsp3) is 0.238. The molecule has 6 heteroatoms. The first kappa shape index (κ1) is 18.5. The Morgan fingerprint density at radius 1 is 1.11 bits per heavy atom. The van der Waals surface area contributed by atoms with Crippen LogP contribution >= 0.6 is 0 Å². The Balaban J connectivity index is 1.82. The van der Waals surface area contributed by atoms with E-state index in [2.05, 4.69) is 10.6 Å². The minimum absolute atomic E-state index is 0.167. The van der Waals surface area contributed by atoms with Gasteiger partial charge in [-0.2, -0.15) is 0 Å². The summed E-state index contributed by atoms with van der Waals surface area (Å²) < 4.78 is 10.9. The van der Waals surface area contributed by atoms with E-state index in [0.29, 0.717) is 29.1 Å². The summed E-state index contributed by atoms with van der Waals surface area (Å²) in [6.45, 7) is 4.42. The molecule has 0 bridgehead atoms. The average molecular weight is 366 g/mol. The van der Waals surface area contributed by atoms with Gasteiger partial charge in [0, 0.05) is 28.7 Å². The van der Waals surface area contributed by atoms with Crippen molar-refractivity contribution in [2.45, 2.75) is 20.3 Å². The lowest BCUT2D eigenvalue weighted by molar-refractivity contribution is 0.0951. The first-order valence-electron chi connectivity index (χ1n) is 8.80. The second kappa shape index (κ2) is 7.95. The minimum atomic E-state index is -0.367. The van der Waals surface area contributed by atoms with Crippen LogP contribution in [0.15, 0.2) is 46.9 Å². The lowest BCUT2D eigenvalue weighted by Gasteiger charge is -2.07. The van der Waals surface area contributed by atoms with Gasteiger partial charge in [0.15, 0.2) is 5.76 Å². The van der Waals surface area contributed by atoms with Crippen molar-refractivity contribution in [2.75, 3.05) is 19.0 Å². The molecule has 2 amide bonds.